The van der Waals surface area contributed by atoms with Crippen LogP contribution in [0, 0.1) is 11.8 Å². The Balaban J connectivity index is 1.95. The zero-order valence-electron chi connectivity index (χ0n) is 13.3. The first-order chi connectivity index (χ1) is 9.24. The molecule has 0 aromatic carbocycles. The molecule has 2 fully saturated rings. The molecule has 0 spiro atoms. The van der Waals surface area contributed by atoms with Gasteiger partial charge in [-0.15, -0.1) is 0 Å². The fourth-order valence-electron chi connectivity index (χ4n) is 3.63. The Morgan fingerprint density at radius 3 is 2.47 bits per heavy atom. The highest BCUT2D eigenvalue weighted by molar-refractivity contribution is 4.92. The maximum Gasteiger partial charge on any atom is 0.0251 e. The molecular formula is C17H34N2. The molecule has 0 aromatic rings. The molecule has 3 atom stereocenters. The van der Waals surface area contributed by atoms with Crippen molar-refractivity contribution in [3.05, 3.63) is 0 Å². The summed E-state index contributed by atoms with van der Waals surface area (Å²) in [5, 5.41) is 3.83. The summed E-state index contributed by atoms with van der Waals surface area (Å²) >= 11 is 0. The van der Waals surface area contributed by atoms with Crippen LogP contribution in [0.15, 0.2) is 0 Å². The van der Waals surface area contributed by atoms with Gasteiger partial charge in [-0.3, -0.25) is 4.90 Å². The van der Waals surface area contributed by atoms with Gasteiger partial charge in [0, 0.05) is 18.6 Å². The van der Waals surface area contributed by atoms with E-state index in [1.165, 1.54) is 64.6 Å². The maximum absolute atomic E-state index is 3.83. The van der Waals surface area contributed by atoms with Gasteiger partial charge in [-0.1, -0.05) is 20.8 Å². The lowest BCUT2D eigenvalue weighted by Gasteiger charge is -2.42. The molecule has 2 aliphatic rings. The highest BCUT2D eigenvalue weighted by Gasteiger charge is 2.34. The minimum absolute atomic E-state index is 0.751. The molecule has 2 aliphatic carbocycles. The molecule has 0 aliphatic heterocycles. The Bertz CT molecular complexity index is 248. The molecule has 1 N–H and O–H groups in total. The number of nitrogens with one attached hydrogen (secondary N) is 1. The van der Waals surface area contributed by atoms with E-state index < -0.39 is 0 Å². The largest absolute Gasteiger partial charge is 0.312 e. The van der Waals surface area contributed by atoms with Crippen molar-refractivity contribution in [3.8, 4) is 0 Å². The Kier molecular flexibility index (Phi) is 6.15. The predicted molar refractivity (Wildman–Crippen MR) is 83.5 cm³/mol. The number of hydrogen-bond acceptors (Lipinski definition) is 2. The van der Waals surface area contributed by atoms with Crippen LogP contribution in [0.4, 0.5) is 0 Å². The normalized spacial score (nSPS) is 31.9. The molecule has 0 heterocycles. The summed E-state index contributed by atoms with van der Waals surface area (Å²) in [6.07, 6.45) is 9.74. The summed E-state index contributed by atoms with van der Waals surface area (Å²) in [5.74, 6) is 1.94. The minimum Gasteiger partial charge on any atom is -0.312 e. The lowest BCUT2D eigenvalue weighted by atomic mass is 9.82. The molecule has 0 aromatic heterocycles. The lowest BCUT2D eigenvalue weighted by molar-refractivity contribution is 0.0962. The van der Waals surface area contributed by atoms with Crippen LogP contribution < -0.4 is 5.32 Å². The molecule has 2 rings (SSSR count). The Morgan fingerprint density at radius 2 is 1.84 bits per heavy atom. The monoisotopic (exact) mass is 266 g/mol. The molecule has 0 amide bonds. The van der Waals surface area contributed by atoms with Crippen LogP contribution in [0.3, 0.4) is 0 Å². The van der Waals surface area contributed by atoms with Gasteiger partial charge in [0.15, 0.2) is 0 Å². The Hall–Kier alpha value is -0.0800. The molecule has 0 bridgehead atoms. The summed E-state index contributed by atoms with van der Waals surface area (Å²) in [5.41, 5.74) is 0. The van der Waals surface area contributed by atoms with Crippen molar-refractivity contribution in [2.45, 2.75) is 77.8 Å². The summed E-state index contributed by atoms with van der Waals surface area (Å²) in [7, 11) is 0. The molecular weight excluding hydrogens is 232 g/mol. The second-order valence-corrected chi connectivity index (χ2v) is 6.98. The van der Waals surface area contributed by atoms with Gasteiger partial charge in [0.2, 0.25) is 0 Å². The third-order valence-corrected chi connectivity index (χ3v) is 4.90. The molecule has 3 unspecified atom stereocenters. The van der Waals surface area contributed by atoms with E-state index in [0.29, 0.717) is 0 Å². The van der Waals surface area contributed by atoms with Gasteiger partial charge in [-0.05, 0) is 69.9 Å². The van der Waals surface area contributed by atoms with Crippen molar-refractivity contribution in [2.24, 2.45) is 11.8 Å². The molecule has 0 radical (unpaired) electrons. The lowest BCUT2D eigenvalue weighted by Crippen LogP contribution is -2.54. The Labute approximate surface area is 120 Å². The SMILES string of the molecule is CCCNC1CCC(C)CC1N(CCC)CC1CC1. The van der Waals surface area contributed by atoms with E-state index in [2.05, 4.69) is 31.0 Å². The first kappa shape index (κ1) is 15.3. The number of rotatable bonds is 8. The van der Waals surface area contributed by atoms with Crippen LogP contribution in [0.5, 0.6) is 0 Å². The molecule has 2 saturated carbocycles. The molecule has 19 heavy (non-hydrogen) atoms. The van der Waals surface area contributed by atoms with E-state index in [0.717, 1.165) is 23.9 Å². The van der Waals surface area contributed by atoms with E-state index in [-0.39, 0.29) is 0 Å². The second kappa shape index (κ2) is 7.64. The summed E-state index contributed by atoms with van der Waals surface area (Å²) in [4.78, 5) is 2.83. The standard InChI is InChI=1S/C17H34N2/c1-4-10-18-16-9-6-14(3)12-17(16)19(11-5-2)13-15-7-8-15/h14-18H,4-13H2,1-3H3. The van der Waals surface area contributed by atoms with Crippen molar-refractivity contribution < 1.29 is 0 Å². The Morgan fingerprint density at radius 1 is 1.05 bits per heavy atom. The van der Waals surface area contributed by atoms with Crippen LogP contribution in [-0.2, 0) is 0 Å². The van der Waals surface area contributed by atoms with Gasteiger partial charge in [-0.25, -0.2) is 0 Å². The average molecular weight is 266 g/mol. The van der Waals surface area contributed by atoms with Gasteiger partial charge in [-0.2, -0.15) is 0 Å². The smallest absolute Gasteiger partial charge is 0.0251 e. The fraction of sp³-hybridized carbons (Fsp3) is 1.00. The number of hydrogen-bond donors (Lipinski definition) is 1. The van der Waals surface area contributed by atoms with Gasteiger partial charge in [0.05, 0.1) is 0 Å². The summed E-state index contributed by atoms with van der Waals surface area (Å²) in [6, 6.07) is 1.55. The highest BCUT2D eigenvalue weighted by atomic mass is 15.2. The quantitative estimate of drug-likeness (QED) is 0.721. The third-order valence-electron chi connectivity index (χ3n) is 4.90. The van der Waals surface area contributed by atoms with Gasteiger partial charge in [0.25, 0.3) is 0 Å². The second-order valence-electron chi connectivity index (χ2n) is 6.98. The zero-order chi connectivity index (χ0) is 13.7. The van der Waals surface area contributed by atoms with Gasteiger partial charge in [0.1, 0.15) is 0 Å². The molecule has 112 valence electrons. The predicted octanol–water partition coefficient (Wildman–Crippen LogP) is 3.67. The molecule has 2 heteroatoms. The van der Waals surface area contributed by atoms with Crippen LogP contribution in [0.1, 0.15) is 65.7 Å². The van der Waals surface area contributed by atoms with Crippen molar-refractivity contribution in [1.82, 2.24) is 10.2 Å². The van der Waals surface area contributed by atoms with E-state index in [1.54, 1.807) is 0 Å². The zero-order valence-corrected chi connectivity index (χ0v) is 13.3. The van der Waals surface area contributed by atoms with E-state index >= 15 is 0 Å². The van der Waals surface area contributed by atoms with Crippen LogP contribution in [0.2, 0.25) is 0 Å². The van der Waals surface area contributed by atoms with Gasteiger partial charge < -0.3 is 5.32 Å². The first-order valence-corrected chi connectivity index (χ1v) is 8.72. The van der Waals surface area contributed by atoms with Crippen molar-refractivity contribution >= 4 is 0 Å². The van der Waals surface area contributed by atoms with E-state index in [4.69, 9.17) is 0 Å². The van der Waals surface area contributed by atoms with Crippen molar-refractivity contribution in [3.63, 3.8) is 0 Å². The van der Waals surface area contributed by atoms with E-state index in [1.807, 2.05) is 0 Å². The first-order valence-electron chi connectivity index (χ1n) is 8.72. The fourth-order valence-corrected chi connectivity index (χ4v) is 3.63. The van der Waals surface area contributed by atoms with Crippen LogP contribution in [-0.4, -0.2) is 36.6 Å². The van der Waals surface area contributed by atoms with Crippen molar-refractivity contribution in [2.75, 3.05) is 19.6 Å². The summed E-state index contributed by atoms with van der Waals surface area (Å²) in [6.45, 7) is 10.9. The van der Waals surface area contributed by atoms with E-state index in [9.17, 15) is 0 Å². The van der Waals surface area contributed by atoms with Gasteiger partial charge >= 0.3 is 0 Å². The highest BCUT2D eigenvalue weighted by Crippen LogP contribution is 2.34. The molecule has 2 nitrogen and oxygen atoms in total. The molecule has 0 saturated heterocycles. The topological polar surface area (TPSA) is 15.3 Å². The number of nitrogens with zero attached hydrogens (tertiary/aromatic N) is 1. The summed E-state index contributed by atoms with van der Waals surface area (Å²) < 4.78 is 0. The average Bonchev–Trinajstić information content (AvgIpc) is 3.21. The third kappa shape index (κ3) is 4.75. The van der Waals surface area contributed by atoms with Crippen LogP contribution >= 0.6 is 0 Å². The van der Waals surface area contributed by atoms with Crippen LogP contribution in [0.25, 0.3) is 0 Å². The minimum atomic E-state index is 0.751. The maximum atomic E-state index is 3.83. The van der Waals surface area contributed by atoms with Crippen molar-refractivity contribution in [1.29, 1.82) is 0 Å².